The molecule has 0 spiro atoms. The molecular formula is C20H24ClN3O2. The molecule has 3 rings (SSSR count). The zero-order valence-corrected chi connectivity index (χ0v) is 15.8. The van der Waals surface area contributed by atoms with Gasteiger partial charge in [0.1, 0.15) is 0 Å². The molecule has 2 saturated heterocycles. The van der Waals surface area contributed by atoms with Crippen LogP contribution in [-0.4, -0.2) is 55.2 Å². The summed E-state index contributed by atoms with van der Waals surface area (Å²) < 4.78 is 5.37. The molecule has 2 amide bonds. The van der Waals surface area contributed by atoms with Crippen molar-refractivity contribution >= 4 is 23.2 Å². The third-order valence-corrected chi connectivity index (χ3v) is 5.53. The zero-order valence-electron chi connectivity index (χ0n) is 15.1. The minimum absolute atomic E-state index is 0.114. The number of piperidine rings is 2. The van der Waals surface area contributed by atoms with Crippen molar-refractivity contribution < 1.29 is 9.53 Å². The Morgan fingerprint density at radius 2 is 1.69 bits per heavy atom. The molecule has 2 fully saturated rings. The van der Waals surface area contributed by atoms with E-state index in [9.17, 15) is 10.1 Å². The number of likely N-dealkylation sites (tertiary alicyclic amines) is 2. The second kappa shape index (κ2) is 8.57. The number of nitriles is 1. The molecule has 0 saturated carbocycles. The SMILES string of the molecule is COC1CCN(C(=O)N2CCC(=C(C#N)c3ccc(Cl)cc3)CC2)CC1. The number of rotatable bonds is 2. The van der Waals surface area contributed by atoms with Gasteiger partial charge >= 0.3 is 6.03 Å². The Morgan fingerprint density at radius 1 is 1.12 bits per heavy atom. The van der Waals surface area contributed by atoms with E-state index in [1.165, 1.54) is 0 Å². The first-order valence-electron chi connectivity index (χ1n) is 9.07. The van der Waals surface area contributed by atoms with Crippen molar-refractivity contribution in [2.24, 2.45) is 0 Å². The lowest BCUT2D eigenvalue weighted by atomic mass is 9.94. The van der Waals surface area contributed by atoms with Crippen LogP contribution < -0.4 is 0 Å². The van der Waals surface area contributed by atoms with Crippen LogP contribution in [0.5, 0.6) is 0 Å². The van der Waals surface area contributed by atoms with Gasteiger partial charge in [-0.05, 0) is 49.0 Å². The number of hydrogen-bond donors (Lipinski definition) is 0. The summed E-state index contributed by atoms with van der Waals surface area (Å²) in [6.07, 6.45) is 3.55. The average Bonchev–Trinajstić information content (AvgIpc) is 2.70. The van der Waals surface area contributed by atoms with Crippen LogP contribution in [-0.2, 0) is 4.74 Å². The number of nitrogens with zero attached hydrogens (tertiary/aromatic N) is 3. The molecule has 2 aliphatic rings. The highest BCUT2D eigenvalue weighted by Crippen LogP contribution is 2.28. The Kier molecular flexibility index (Phi) is 6.18. The highest BCUT2D eigenvalue weighted by atomic mass is 35.5. The van der Waals surface area contributed by atoms with Crippen molar-refractivity contribution in [3.8, 4) is 6.07 Å². The zero-order chi connectivity index (χ0) is 18.5. The van der Waals surface area contributed by atoms with E-state index in [0.29, 0.717) is 18.1 Å². The minimum atomic E-state index is 0.114. The molecule has 5 nitrogen and oxygen atoms in total. The molecule has 2 aliphatic heterocycles. The van der Waals surface area contributed by atoms with Crippen molar-refractivity contribution in [1.29, 1.82) is 5.26 Å². The number of methoxy groups -OCH3 is 1. The van der Waals surface area contributed by atoms with E-state index in [-0.39, 0.29) is 12.1 Å². The first-order chi connectivity index (χ1) is 12.6. The maximum absolute atomic E-state index is 12.7. The number of amides is 2. The predicted molar refractivity (Wildman–Crippen MR) is 102 cm³/mol. The van der Waals surface area contributed by atoms with Gasteiger partial charge in [0.05, 0.1) is 17.7 Å². The van der Waals surface area contributed by atoms with E-state index in [4.69, 9.17) is 16.3 Å². The van der Waals surface area contributed by atoms with Gasteiger partial charge in [-0.25, -0.2) is 4.79 Å². The molecule has 0 radical (unpaired) electrons. The summed E-state index contributed by atoms with van der Waals surface area (Å²) in [5.41, 5.74) is 2.74. The Balaban J connectivity index is 1.62. The summed E-state index contributed by atoms with van der Waals surface area (Å²) in [4.78, 5) is 16.6. The second-order valence-electron chi connectivity index (χ2n) is 6.79. The first kappa shape index (κ1) is 18.8. The maximum atomic E-state index is 12.7. The van der Waals surface area contributed by atoms with Crippen LogP contribution in [0, 0.1) is 11.3 Å². The molecule has 0 aliphatic carbocycles. The fourth-order valence-electron chi connectivity index (χ4n) is 3.66. The molecule has 0 aromatic heterocycles. The molecule has 1 aromatic rings. The lowest BCUT2D eigenvalue weighted by Gasteiger charge is -2.37. The van der Waals surface area contributed by atoms with Crippen LogP contribution in [0.2, 0.25) is 5.02 Å². The van der Waals surface area contributed by atoms with Crippen LogP contribution >= 0.6 is 11.6 Å². The summed E-state index contributed by atoms with van der Waals surface area (Å²) in [6, 6.07) is 9.82. The Hall–Kier alpha value is -2.03. The van der Waals surface area contributed by atoms with Crippen LogP contribution in [0.15, 0.2) is 29.8 Å². The summed E-state index contributed by atoms with van der Waals surface area (Å²) >= 11 is 5.94. The smallest absolute Gasteiger partial charge is 0.320 e. The second-order valence-corrected chi connectivity index (χ2v) is 7.23. The molecule has 1 aromatic carbocycles. The van der Waals surface area contributed by atoms with Gasteiger partial charge in [0.25, 0.3) is 0 Å². The Labute approximate surface area is 159 Å². The number of hydrogen-bond acceptors (Lipinski definition) is 3. The molecule has 0 N–H and O–H groups in total. The van der Waals surface area contributed by atoms with E-state index in [1.54, 1.807) is 19.2 Å². The minimum Gasteiger partial charge on any atom is -0.381 e. The van der Waals surface area contributed by atoms with Gasteiger partial charge in [-0.15, -0.1) is 0 Å². The lowest BCUT2D eigenvalue weighted by molar-refractivity contribution is 0.0441. The van der Waals surface area contributed by atoms with Gasteiger partial charge in [0, 0.05) is 38.3 Å². The summed E-state index contributed by atoms with van der Waals surface area (Å²) in [7, 11) is 1.73. The number of urea groups is 1. The summed E-state index contributed by atoms with van der Waals surface area (Å²) in [5, 5.41) is 10.2. The average molecular weight is 374 g/mol. The Bertz CT molecular complexity index is 706. The number of carbonyl (C=O) groups excluding carboxylic acids is 1. The number of ether oxygens (including phenoxy) is 1. The molecular weight excluding hydrogens is 350 g/mol. The third kappa shape index (κ3) is 4.20. The van der Waals surface area contributed by atoms with Crippen LogP contribution in [0.1, 0.15) is 31.2 Å². The number of halogens is 1. The van der Waals surface area contributed by atoms with E-state index >= 15 is 0 Å². The van der Waals surface area contributed by atoms with Gasteiger partial charge in [0.15, 0.2) is 0 Å². The maximum Gasteiger partial charge on any atom is 0.320 e. The van der Waals surface area contributed by atoms with Gasteiger partial charge in [-0.3, -0.25) is 0 Å². The predicted octanol–water partition coefficient (Wildman–Crippen LogP) is 3.94. The van der Waals surface area contributed by atoms with Gasteiger partial charge in [0.2, 0.25) is 0 Å². The molecule has 6 heteroatoms. The van der Waals surface area contributed by atoms with Crippen molar-refractivity contribution in [2.45, 2.75) is 31.8 Å². The standard InChI is InChI=1S/C20H24ClN3O2/c1-26-18-8-12-24(13-9-18)20(25)23-10-6-16(7-11-23)19(14-22)15-2-4-17(21)5-3-15/h2-5,18H,6-13H2,1H3. The molecule has 0 bridgehead atoms. The largest absolute Gasteiger partial charge is 0.381 e. The molecule has 26 heavy (non-hydrogen) atoms. The van der Waals surface area contributed by atoms with E-state index in [2.05, 4.69) is 6.07 Å². The number of carbonyl (C=O) groups is 1. The topological polar surface area (TPSA) is 56.6 Å². The van der Waals surface area contributed by atoms with Gasteiger partial charge in [-0.2, -0.15) is 5.26 Å². The van der Waals surface area contributed by atoms with Crippen LogP contribution in [0.4, 0.5) is 4.79 Å². The summed E-state index contributed by atoms with van der Waals surface area (Å²) in [5.74, 6) is 0. The highest BCUT2D eigenvalue weighted by Gasteiger charge is 2.28. The molecule has 0 atom stereocenters. The molecule has 0 unspecified atom stereocenters. The fourth-order valence-corrected chi connectivity index (χ4v) is 3.79. The lowest BCUT2D eigenvalue weighted by Crippen LogP contribution is -2.49. The van der Waals surface area contributed by atoms with Crippen LogP contribution in [0.25, 0.3) is 5.57 Å². The van der Waals surface area contributed by atoms with Crippen LogP contribution in [0.3, 0.4) is 0 Å². The first-order valence-corrected chi connectivity index (χ1v) is 9.45. The van der Waals surface area contributed by atoms with Crippen molar-refractivity contribution in [3.05, 3.63) is 40.4 Å². The fraction of sp³-hybridized carbons (Fsp3) is 0.500. The Morgan fingerprint density at radius 3 is 2.23 bits per heavy atom. The van der Waals surface area contributed by atoms with Gasteiger partial charge in [-0.1, -0.05) is 23.7 Å². The highest BCUT2D eigenvalue weighted by molar-refractivity contribution is 6.30. The monoisotopic (exact) mass is 373 g/mol. The molecule has 138 valence electrons. The van der Waals surface area contributed by atoms with Gasteiger partial charge < -0.3 is 14.5 Å². The van der Waals surface area contributed by atoms with E-state index < -0.39 is 0 Å². The molecule has 2 heterocycles. The number of benzene rings is 1. The third-order valence-electron chi connectivity index (χ3n) is 5.28. The summed E-state index contributed by atoms with van der Waals surface area (Å²) in [6.45, 7) is 2.84. The van der Waals surface area contributed by atoms with Crippen molar-refractivity contribution in [3.63, 3.8) is 0 Å². The van der Waals surface area contributed by atoms with Crippen molar-refractivity contribution in [2.75, 3.05) is 33.3 Å². The normalized spacial score (nSPS) is 18.6. The van der Waals surface area contributed by atoms with E-state index in [1.807, 2.05) is 21.9 Å². The quantitative estimate of drug-likeness (QED) is 0.737. The van der Waals surface area contributed by atoms with E-state index in [0.717, 1.165) is 55.5 Å². The van der Waals surface area contributed by atoms with Crippen molar-refractivity contribution in [1.82, 2.24) is 9.80 Å². The number of allylic oxidation sites excluding steroid dienone is 1.